The summed E-state index contributed by atoms with van der Waals surface area (Å²) in [5.41, 5.74) is 8.14. The van der Waals surface area contributed by atoms with Gasteiger partial charge in [0.1, 0.15) is 12.4 Å². The van der Waals surface area contributed by atoms with Crippen LogP contribution in [-0.4, -0.2) is 26.2 Å². The van der Waals surface area contributed by atoms with Crippen molar-refractivity contribution in [2.24, 2.45) is 5.73 Å². The molecule has 2 unspecified atom stereocenters. The quantitative estimate of drug-likeness (QED) is 0.900. The van der Waals surface area contributed by atoms with Crippen molar-refractivity contribution in [3.8, 4) is 5.75 Å². The van der Waals surface area contributed by atoms with Crippen LogP contribution in [0.1, 0.15) is 23.6 Å². The van der Waals surface area contributed by atoms with Gasteiger partial charge in [0.05, 0.1) is 19.3 Å². The van der Waals surface area contributed by atoms with E-state index in [4.69, 9.17) is 15.2 Å². The van der Waals surface area contributed by atoms with E-state index in [-0.39, 0.29) is 12.1 Å². The van der Waals surface area contributed by atoms with Crippen LogP contribution in [0.4, 0.5) is 8.78 Å². The Kier molecular flexibility index (Phi) is 4.14. The molecular weight excluding hydrogens is 240 g/mol. The zero-order chi connectivity index (χ0) is 13.1. The van der Waals surface area contributed by atoms with Gasteiger partial charge in [0, 0.05) is 0 Å². The molecule has 0 aliphatic heterocycles. The second-order valence-electron chi connectivity index (χ2n) is 4.39. The summed E-state index contributed by atoms with van der Waals surface area (Å²) in [5.74, 6) is 0.721. The number of methoxy groups -OCH3 is 1. The average Bonchev–Trinajstić information content (AvgIpc) is 2.37. The Morgan fingerprint density at radius 3 is 2.89 bits per heavy atom. The molecule has 5 heteroatoms. The van der Waals surface area contributed by atoms with Gasteiger partial charge in [0.25, 0.3) is 6.43 Å². The van der Waals surface area contributed by atoms with E-state index in [9.17, 15) is 8.78 Å². The lowest BCUT2D eigenvalue weighted by Gasteiger charge is -2.31. The third kappa shape index (κ3) is 2.79. The van der Waals surface area contributed by atoms with Gasteiger partial charge in [0.2, 0.25) is 0 Å². The van der Waals surface area contributed by atoms with Gasteiger partial charge in [-0.25, -0.2) is 8.78 Å². The van der Waals surface area contributed by atoms with Gasteiger partial charge >= 0.3 is 0 Å². The Balaban J connectivity index is 2.13. The van der Waals surface area contributed by atoms with Crippen LogP contribution in [0.5, 0.6) is 5.75 Å². The van der Waals surface area contributed by atoms with Crippen molar-refractivity contribution in [1.29, 1.82) is 0 Å². The summed E-state index contributed by atoms with van der Waals surface area (Å²) in [6, 6.07) is 5.34. The number of aryl methyl sites for hydroxylation is 1. The minimum absolute atomic E-state index is 0.349. The van der Waals surface area contributed by atoms with Crippen molar-refractivity contribution in [3.05, 3.63) is 29.3 Å². The number of halogens is 2. The first-order valence-corrected chi connectivity index (χ1v) is 5.94. The van der Waals surface area contributed by atoms with E-state index in [2.05, 4.69) is 0 Å². The van der Waals surface area contributed by atoms with Crippen molar-refractivity contribution >= 4 is 0 Å². The summed E-state index contributed by atoms with van der Waals surface area (Å²) in [4.78, 5) is 0. The first kappa shape index (κ1) is 13.2. The van der Waals surface area contributed by atoms with E-state index in [1.165, 1.54) is 0 Å². The maximum atomic E-state index is 12.1. The second-order valence-corrected chi connectivity index (χ2v) is 4.39. The first-order chi connectivity index (χ1) is 8.61. The van der Waals surface area contributed by atoms with Gasteiger partial charge in [0.15, 0.2) is 0 Å². The van der Waals surface area contributed by atoms with Gasteiger partial charge in [-0.3, -0.25) is 0 Å². The SMILES string of the molecule is COc1ccc2c(c1)C(N)C(OCC(F)F)CC2. The van der Waals surface area contributed by atoms with E-state index in [0.717, 1.165) is 23.3 Å². The van der Waals surface area contributed by atoms with Crippen molar-refractivity contribution in [2.45, 2.75) is 31.4 Å². The van der Waals surface area contributed by atoms with E-state index in [1.807, 2.05) is 18.2 Å². The molecule has 3 nitrogen and oxygen atoms in total. The Labute approximate surface area is 105 Å². The van der Waals surface area contributed by atoms with Gasteiger partial charge in [-0.1, -0.05) is 6.07 Å². The van der Waals surface area contributed by atoms with Crippen molar-refractivity contribution in [2.75, 3.05) is 13.7 Å². The standard InChI is InChI=1S/C13H17F2NO2/c1-17-9-4-2-8-3-5-11(18-7-12(14)15)13(16)10(8)6-9/h2,4,6,11-13H,3,5,7,16H2,1H3. The maximum Gasteiger partial charge on any atom is 0.261 e. The molecule has 2 N–H and O–H groups in total. The number of fused-ring (bicyclic) bond motifs is 1. The molecule has 0 saturated heterocycles. The van der Waals surface area contributed by atoms with Crippen LogP contribution in [0.15, 0.2) is 18.2 Å². The molecule has 2 rings (SSSR count). The molecule has 0 fully saturated rings. The molecular formula is C13H17F2NO2. The second kappa shape index (κ2) is 5.63. The van der Waals surface area contributed by atoms with Crippen LogP contribution in [0.25, 0.3) is 0 Å². The largest absolute Gasteiger partial charge is 0.497 e. The highest BCUT2D eigenvalue weighted by molar-refractivity contribution is 5.39. The predicted molar refractivity (Wildman–Crippen MR) is 64.0 cm³/mol. The number of hydrogen-bond acceptors (Lipinski definition) is 3. The van der Waals surface area contributed by atoms with Gasteiger partial charge in [-0.15, -0.1) is 0 Å². The monoisotopic (exact) mass is 257 g/mol. The highest BCUT2D eigenvalue weighted by Crippen LogP contribution is 2.32. The van der Waals surface area contributed by atoms with Crippen molar-refractivity contribution in [1.82, 2.24) is 0 Å². The molecule has 0 saturated carbocycles. The summed E-state index contributed by atoms with van der Waals surface area (Å²) in [6.45, 7) is -0.558. The highest BCUT2D eigenvalue weighted by atomic mass is 19.3. The number of hydrogen-bond donors (Lipinski definition) is 1. The van der Waals surface area contributed by atoms with Crippen LogP contribution in [0, 0.1) is 0 Å². The van der Waals surface area contributed by atoms with Crippen LogP contribution < -0.4 is 10.5 Å². The fourth-order valence-electron chi connectivity index (χ4n) is 2.30. The van der Waals surface area contributed by atoms with E-state index < -0.39 is 13.0 Å². The minimum Gasteiger partial charge on any atom is -0.497 e. The molecule has 0 bridgehead atoms. The summed E-state index contributed by atoms with van der Waals surface area (Å²) >= 11 is 0. The smallest absolute Gasteiger partial charge is 0.261 e. The van der Waals surface area contributed by atoms with Gasteiger partial charge < -0.3 is 15.2 Å². The molecule has 2 atom stereocenters. The molecule has 0 aromatic heterocycles. The molecule has 0 spiro atoms. The first-order valence-electron chi connectivity index (χ1n) is 5.94. The average molecular weight is 257 g/mol. The number of benzene rings is 1. The Morgan fingerprint density at radius 1 is 1.44 bits per heavy atom. The number of rotatable bonds is 4. The lowest BCUT2D eigenvalue weighted by atomic mass is 9.86. The Bertz CT molecular complexity index is 412. The lowest BCUT2D eigenvalue weighted by molar-refractivity contribution is -0.0389. The summed E-state index contributed by atoms with van der Waals surface area (Å²) in [7, 11) is 1.58. The zero-order valence-electron chi connectivity index (χ0n) is 10.2. The van der Waals surface area contributed by atoms with Gasteiger partial charge in [-0.2, -0.15) is 0 Å². The molecule has 0 amide bonds. The molecule has 100 valence electrons. The van der Waals surface area contributed by atoms with E-state index in [0.29, 0.717) is 6.42 Å². The lowest BCUT2D eigenvalue weighted by Crippen LogP contribution is -2.34. The van der Waals surface area contributed by atoms with Crippen LogP contribution >= 0.6 is 0 Å². The van der Waals surface area contributed by atoms with E-state index in [1.54, 1.807) is 7.11 Å². The number of nitrogens with two attached hydrogens (primary N) is 1. The summed E-state index contributed by atoms with van der Waals surface area (Å²) in [6.07, 6.45) is -1.34. The van der Waals surface area contributed by atoms with Crippen LogP contribution in [-0.2, 0) is 11.2 Å². The van der Waals surface area contributed by atoms with Crippen LogP contribution in [0.2, 0.25) is 0 Å². The summed E-state index contributed by atoms with van der Waals surface area (Å²) in [5, 5.41) is 0. The third-order valence-corrected chi connectivity index (χ3v) is 3.25. The highest BCUT2D eigenvalue weighted by Gasteiger charge is 2.28. The molecule has 1 aromatic carbocycles. The maximum absolute atomic E-state index is 12.1. The molecule has 0 radical (unpaired) electrons. The normalized spacial score (nSPS) is 22.9. The Morgan fingerprint density at radius 2 is 2.22 bits per heavy atom. The van der Waals surface area contributed by atoms with Crippen LogP contribution in [0.3, 0.4) is 0 Å². The molecule has 18 heavy (non-hydrogen) atoms. The Hall–Kier alpha value is -1.20. The van der Waals surface area contributed by atoms with E-state index >= 15 is 0 Å². The zero-order valence-corrected chi connectivity index (χ0v) is 10.2. The fraction of sp³-hybridized carbons (Fsp3) is 0.538. The molecule has 1 aliphatic carbocycles. The third-order valence-electron chi connectivity index (χ3n) is 3.25. The molecule has 1 aliphatic rings. The van der Waals surface area contributed by atoms with Gasteiger partial charge in [-0.05, 0) is 36.1 Å². The minimum atomic E-state index is -2.45. The molecule has 0 heterocycles. The topological polar surface area (TPSA) is 44.5 Å². The summed E-state index contributed by atoms with van der Waals surface area (Å²) < 4.78 is 34.6. The predicted octanol–water partition coefficient (Wildman–Crippen LogP) is 2.29. The fourth-order valence-corrected chi connectivity index (χ4v) is 2.30. The number of alkyl halides is 2. The number of ether oxygens (including phenoxy) is 2. The molecule has 1 aromatic rings. The van der Waals surface area contributed by atoms with Crippen molar-refractivity contribution in [3.63, 3.8) is 0 Å². The van der Waals surface area contributed by atoms with Crippen molar-refractivity contribution < 1.29 is 18.3 Å².